The van der Waals surface area contributed by atoms with Gasteiger partial charge >= 0.3 is 0 Å². The number of amides is 1. The summed E-state index contributed by atoms with van der Waals surface area (Å²) >= 11 is 0. The summed E-state index contributed by atoms with van der Waals surface area (Å²) in [6.07, 6.45) is 3.73. The Kier molecular flexibility index (Phi) is 4.28. The number of nitrogens with zero attached hydrogens (tertiary/aromatic N) is 2. The number of hydrogen-bond donors (Lipinski definition) is 2. The highest BCUT2D eigenvalue weighted by Gasteiger charge is 2.46. The van der Waals surface area contributed by atoms with E-state index in [1.54, 1.807) is 0 Å². The first kappa shape index (κ1) is 18.1. The molecule has 1 aliphatic heterocycles. The van der Waals surface area contributed by atoms with Crippen LogP contribution in [0.2, 0.25) is 0 Å². The van der Waals surface area contributed by atoms with Gasteiger partial charge in [0.15, 0.2) is 0 Å². The van der Waals surface area contributed by atoms with Gasteiger partial charge in [-0.1, -0.05) is 24.3 Å². The molecule has 0 unspecified atom stereocenters. The molecule has 1 amide bonds. The fraction of sp³-hybridized carbons (Fsp3) is 0.333. The van der Waals surface area contributed by atoms with Crippen LogP contribution in [0, 0.1) is 6.92 Å². The normalized spacial score (nSPS) is 17.6. The number of rotatable bonds is 5. The summed E-state index contributed by atoms with van der Waals surface area (Å²) in [7, 11) is 2.10. The largest absolute Gasteiger partial charge is 0.369 e. The van der Waals surface area contributed by atoms with E-state index >= 15 is 0 Å². The number of nitrogens with one attached hydrogen (secondary N) is 2. The zero-order valence-corrected chi connectivity index (χ0v) is 16.9. The first-order valence-corrected chi connectivity index (χ1v) is 10.3. The number of aromatic nitrogens is 1. The number of benzene rings is 2. The molecule has 1 aromatic heterocycles. The quantitative estimate of drug-likeness (QED) is 0.706. The minimum absolute atomic E-state index is 0.00266. The van der Waals surface area contributed by atoms with Crippen LogP contribution in [-0.4, -0.2) is 37.1 Å². The molecule has 3 aromatic rings. The van der Waals surface area contributed by atoms with Gasteiger partial charge in [0.05, 0.1) is 17.1 Å². The van der Waals surface area contributed by atoms with Gasteiger partial charge < -0.3 is 15.5 Å². The van der Waals surface area contributed by atoms with E-state index in [2.05, 4.69) is 45.8 Å². The Morgan fingerprint density at radius 3 is 2.72 bits per heavy atom. The third-order valence-corrected chi connectivity index (χ3v) is 6.44. The smallest absolute Gasteiger partial charge is 0.252 e. The van der Waals surface area contributed by atoms with Crippen molar-refractivity contribution in [3.63, 3.8) is 0 Å². The lowest BCUT2D eigenvalue weighted by Gasteiger charge is -2.37. The van der Waals surface area contributed by atoms with Crippen molar-refractivity contribution in [2.75, 3.05) is 25.0 Å². The molecule has 5 heteroatoms. The van der Waals surface area contributed by atoms with Crippen LogP contribution in [0.4, 0.5) is 5.69 Å². The number of anilines is 1. The second-order valence-electron chi connectivity index (χ2n) is 8.33. The molecule has 0 atom stereocenters. The number of pyridine rings is 1. The first-order valence-electron chi connectivity index (χ1n) is 10.3. The average Bonchev–Trinajstić information content (AvgIpc) is 3.46. The van der Waals surface area contributed by atoms with E-state index in [9.17, 15) is 4.79 Å². The molecule has 0 bridgehead atoms. The van der Waals surface area contributed by atoms with Crippen LogP contribution in [0.15, 0.2) is 54.7 Å². The number of carbonyl (C=O) groups excluding carboxylic acids is 1. The van der Waals surface area contributed by atoms with Crippen LogP contribution in [-0.2, 0) is 5.54 Å². The van der Waals surface area contributed by atoms with Crippen molar-refractivity contribution in [1.29, 1.82) is 0 Å². The molecule has 2 fully saturated rings. The average molecular weight is 386 g/mol. The monoisotopic (exact) mass is 386 g/mol. The molecule has 0 spiro atoms. The molecule has 5 nitrogen and oxygen atoms in total. The number of carbonyl (C=O) groups is 1. The number of aryl methyl sites for hydroxylation is 1. The predicted octanol–water partition coefficient (Wildman–Crippen LogP) is 3.37. The van der Waals surface area contributed by atoms with Crippen molar-refractivity contribution >= 4 is 22.5 Å². The second-order valence-corrected chi connectivity index (χ2v) is 8.33. The standard InChI is InChI=1S/C24H26N4O/c1-16-8-9-17(28(2)18-14-25-15-18)13-20(16)23(29)27-24(10-11-24)21-6-3-7-22-19(21)5-4-12-26-22/h3-9,12-13,18,25H,10-11,14-15H2,1-2H3,(H,27,29). The third kappa shape index (κ3) is 3.15. The highest BCUT2D eigenvalue weighted by molar-refractivity contribution is 5.98. The second kappa shape index (κ2) is 6.85. The molecule has 2 aliphatic rings. The van der Waals surface area contributed by atoms with Gasteiger partial charge in [0, 0.05) is 43.0 Å². The molecule has 0 radical (unpaired) electrons. The maximum absolute atomic E-state index is 13.3. The van der Waals surface area contributed by atoms with Crippen molar-refractivity contribution in [2.45, 2.75) is 31.3 Å². The van der Waals surface area contributed by atoms with E-state index in [0.717, 1.165) is 53.6 Å². The summed E-state index contributed by atoms with van der Waals surface area (Å²) in [5.41, 5.74) is 4.70. The topological polar surface area (TPSA) is 57.3 Å². The third-order valence-electron chi connectivity index (χ3n) is 6.44. The Morgan fingerprint density at radius 2 is 2.00 bits per heavy atom. The van der Waals surface area contributed by atoms with Crippen LogP contribution >= 0.6 is 0 Å². The van der Waals surface area contributed by atoms with E-state index < -0.39 is 0 Å². The van der Waals surface area contributed by atoms with Crippen LogP contribution < -0.4 is 15.5 Å². The lowest BCUT2D eigenvalue weighted by Crippen LogP contribution is -2.56. The van der Waals surface area contributed by atoms with Crippen LogP contribution in [0.3, 0.4) is 0 Å². The molecule has 29 heavy (non-hydrogen) atoms. The van der Waals surface area contributed by atoms with Crippen molar-refractivity contribution in [3.05, 3.63) is 71.4 Å². The van der Waals surface area contributed by atoms with Gasteiger partial charge in [0.1, 0.15) is 0 Å². The molecule has 2 heterocycles. The Morgan fingerprint density at radius 1 is 1.17 bits per heavy atom. The SMILES string of the molecule is Cc1ccc(N(C)C2CNC2)cc1C(=O)NC1(c2cccc3ncccc23)CC1. The highest BCUT2D eigenvalue weighted by atomic mass is 16.1. The molecular formula is C24H26N4O. The Bertz CT molecular complexity index is 1080. The summed E-state index contributed by atoms with van der Waals surface area (Å²) in [5, 5.41) is 7.79. The molecular weight excluding hydrogens is 360 g/mol. The van der Waals surface area contributed by atoms with Crippen molar-refractivity contribution in [3.8, 4) is 0 Å². The maximum Gasteiger partial charge on any atom is 0.252 e. The summed E-state index contributed by atoms with van der Waals surface area (Å²) in [6.45, 7) is 3.99. The summed E-state index contributed by atoms with van der Waals surface area (Å²) < 4.78 is 0. The van der Waals surface area contributed by atoms with Crippen LogP contribution in [0.25, 0.3) is 10.9 Å². The highest BCUT2D eigenvalue weighted by Crippen LogP contribution is 2.48. The van der Waals surface area contributed by atoms with E-state index in [-0.39, 0.29) is 11.4 Å². The van der Waals surface area contributed by atoms with Gasteiger partial charge in [-0.05, 0) is 55.2 Å². The maximum atomic E-state index is 13.3. The van der Waals surface area contributed by atoms with Gasteiger partial charge in [-0.15, -0.1) is 0 Å². The summed E-state index contributed by atoms with van der Waals surface area (Å²) in [6, 6.07) is 16.9. The van der Waals surface area contributed by atoms with E-state index in [1.807, 2.05) is 43.5 Å². The molecule has 1 saturated carbocycles. The molecule has 1 saturated heterocycles. The summed E-state index contributed by atoms with van der Waals surface area (Å²) in [4.78, 5) is 20.0. The number of likely N-dealkylation sites (N-methyl/N-ethyl adjacent to an activating group) is 1. The van der Waals surface area contributed by atoms with Gasteiger partial charge in [0.25, 0.3) is 5.91 Å². The fourth-order valence-corrected chi connectivity index (χ4v) is 4.22. The Hall–Kier alpha value is -2.92. The number of hydrogen-bond acceptors (Lipinski definition) is 4. The Balaban J connectivity index is 1.44. The van der Waals surface area contributed by atoms with Gasteiger partial charge in [-0.2, -0.15) is 0 Å². The van der Waals surface area contributed by atoms with Crippen molar-refractivity contribution in [2.24, 2.45) is 0 Å². The van der Waals surface area contributed by atoms with Gasteiger partial charge in [-0.25, -0.2) is 0 Å². The predicted molar refractivity (Wildman–Crippen MR) is 116 cm³/mol. The van der Waals surface area contributed by atoms with E-state index in [1.165, 1.54) is 5.56 Å². The van der Waals surface area contributed by atoms with Gasteiger partial charge in [-0.3, -0.25) is 9.78 Å². The Labute approximate surface area is 171 Å². The van der Waals surface area contributed by atoms with Crippen molar-refractivity contribution in [1.82, 2.24) is 15.6 Å². The zero-order valence-electron chi connectivity index (χ0n) is 16.9. The molecule has 2 aromatic carbocycles. The number of fused-ring (bicyclic) bond motifs is 1. The lowest BCUT2D eigenvalue weighted by molar-refractivity contribution is 0.0930. The van der Waals surface area contributed by atoms with E-state index in [4.69, 9.17) is 0 Å². The summed E-state index contributed by atoms with van der Waals surface area (Å²) in [5.74, 6) is 0.00266. The van der Waals surface area contributed by atoms with E-state index in [0.29, 0.717) is 6.04 Å². The molecule has 1 aliphatic carbocycles. The molecule has 148 valence electrons. The van der Waals surface area contributed by atoms with Gasteiger partial charge in [0.2, 0.25) is 0 Å². The minimum atomic E-state index is -0.286. The van der Waals surface area contributed by atoms with Crippen LogP contribution in [0.5, 0.6) is 0 Å². The molecule has 2 N–H and O–H groups in total. The molecule has 5 rings (SSSR count). The lowest BCUT2D eigenvalue weighted by atomic mass is 9.98. The van der Waals surface area contributed by atoms with Crippen LogP contribution in [0.1, 0.15) is 34.3 Å². The zero-order chi connectivity index (χ0) is 20.0. The van der Waals surface area contributed by atoms with Crippen molar-refractivity contribution < 1.29 is 4.79 Å². The fourth-order valence-electron chi connectivity index (χ4n) is 4.22. The first-order chi connectivity index (χ1) is 14.1. The minimum Gasteiger partial charge on any atom is -0.369 e.